The van der Waals surface area contributed by atoms with Crippen molar-refractivity contribution < 1.29 is 9.13 Å². The molecule has 0 amide bonds. The quantitative estimate of drug-likeness (QED) is 0.895. The zero-order valence-electron chi connectivity index (χ0n) is 12.0. The predicted molar refractivity (Wildman–Crippen MR) is 77.5 cm³/mol. The summed E-state index contributed by atoms with van der Waals surface area (Å²) in [5.41, 5.74) is 1.84. The number of hydrogen-bond donors (Lipinski definition) is 1. The first-order valence-corrected chi connectivity index (χ1v) is 6.73. The normalized spacial score (nSPS) is 12.2. The standard InChI is InChI=1S/C16H19FN2O/c1-4-18-12(3)15-8-7-14(10-19-15)20-16-9-13(17)6-5-11(16)2/h5-10,12,18H,4H2,1-3H3. The van der Waals surface area contributed by atoms with E-state index < -0.39 is 0 Å². The SMILES string of the molecule is CCNC(C)c1ccc(Oc2cc(F)ccc2C)cn1. The molecule has 106 valence electrons. The average Bonchev–Trinajstić information content (AvgIpc) is 2.44. The van der Waals surface area contributed by atoms with Crippen LogP contribution in [0, 0.1) is 12.7 Å². The highest BCUT2D eigenvalue weighted by atomic mass is 19.1. The number of pyridine rings is 1. The Morgan fingerprint density at radius 3 is 2.75 bits per heavy atom. The molecule has 0 aliphatic heterocycles. The van der Waals surface area contributed by atoms with Crippen LogP contribution in [0.2, 0.25) is 0 Å². The molecule has 3 nitrogen and oxygen atoms in total. The fraction of sp³-hybridized carbons (Fsp3) is 0.312. The molecular weight excluding hydrogens is 255 g/mol. The van der Waals surface area contributed by atoms with Crippen LogP contribution in [0.1, 0.15) is 31.1 Å². The molecule has 0 saturated heterocycles. The molecule has 1 aromatic carbocycles. The highest BCUT2D eigenvalue weighted by molar-refractivity contribution is 5.37. The molecule has 1 heterocycles. The summed E-state index contributed by atoms with van der Waals surface area (Å²) in [6.45, 7) is 6.89. The van der Waals surface area contributed by atoms with Crippen LogP contribution < -0.4 is 10.1 Å². The van der Waals surface area contributed by atoms with E-state index in [9.17, 15) is 4.39 Å². The van der Waals surface area contributed by atoms with Crippen molar-refractivity contribution in [1.29, 1.82) is 0 Å². The van der Waals surface area contributed by atoms with E-state index in [0.29, 0.717) is 11.5 Å². The molecule has 20 heavy (non-hydrogen) atoms. The lowest BCUT2D eigenvalue weighted by Gasteiger charge is -2.13. The second kappa shape index (κ2) is 6.48. The molecule has 4 heteroatoms. The second-order valence-electron chi connectivity index (χ2n) is 4.71. The van der Waals surface area contributed by atoms with Crippen molar-refractivity contribution in [2.45, 2.75) is 26.8 Å². The molecule has 1 aromatic heterocycles. The summed E-state index contributed by atoms with van der Waals surface area (Å²) in [5, 5.41) is 3.29. The molecule has 1 unspecified atom stereocenters. The van der Waals surface area contributed by atoms with Crippen molar-refractivity contribution in [3.8, 4) is 11.5 Å². The van der Waals surface area contributed by atoms with Gasteiger partial charge in [-0.05, 0) is 44.2 Å². The van der Waals surface area contributed by atoms with E-state index in [1.54, 1.807) is 12.3 Å². The molecule has 0 bridgehead atoms. The van der Waals surface area contributed by atoms with Gasteiger partial charge in [-0.2, -0.15) is 0 Å². The smallest absolute Gasteiger partial charge is 0.145 e. The Bertz CT molecular complexity index is 569. The van der Waals surface area contributed by atoms with Gasteiger partial charge in [-0.3, -0.25) is 4.98 Å². The molecule has 0 radical (unpaired) electrons. The van der Waals surface area contributed by atoms with Crippen molar-refractivity contribution in [3.63, 3.8) is 0 Å². The number of aryl methyl sites for hydroxylation is 1. The van der Waals surface area contributed by atoms with Crippen LogP contribution in [0.5, 0.6) is 11.5 Å². The van der Waals surface area contributed by atoms with Gasteiger partial charge in [0, 0.05) is 12.1 Å². The summed E-state index contributed by atoms with van der Waals surface area (Å²) in [7, 11) is 0. The number of halogens is 1. The van der Waals surface area contributed by atoms with Crippen LogP contribution in [0.4, 0.5) is 4.39 Å². The lowest BCUT2D eigenvalue weighted by Crippen LogP contribution is -2.18. The van der Waals surface area contributed by atoms with Crippen LogP contribution in [-0.2, 0) is 0 Å². The minimum atomic E-state index is -0.309. The average molecular weight is 274 g/mol. The minimum absolute atomic E-state index is 0.199. The fourth-order valence-electron chi connectivity index (χ4n) is 1.93. The molecule has 0 fully saturated rings. The monoisotopic (exact) mass is 274 g/mol. The van der Waals surface area contributed by atoms with Gasteiger partial charge in [-0.15, -0.1) is 0 Å². The van der Waals surface area contributed by atoms with E-state index in [4.69, 9.17) is 4.74 Å². The predicted octanol–water partition coefficient (Wildman–Crippen LogP) is 3.99. The van der Waals surface area contributed by atoms with Crippen molar-refractivity contribution >= 4 is 0 Å². The van der Waals surface area contributed by atoms with Crippen molar-refractivity contribution in [1.82, 2.24) is 10.3 Å². The molecule has 0 aliphatic rings. The number of nitrogens with one attached hydrogen (secondary N) is 1. The van der Waals surface area contributed by atoms with Crippen LogP contribution in [0.15, 0.2) is 36.5 Å². The van der Waals surface area contributed by atoms with Gasteiger partial charge in [0.2, 0.25) is 0 Å². The van der Waals surface area contributed by atoms with Gasteiger partial charge >= 0.3 is 0 Å². The lowest BCUT2D eigenvalue weighted by molar-refractivity contribution is 0.469. The van der Waals surface area contributed by atoms with Gasteiger partial charge in [0.25, 0.3) is 0 Å². The van der Waals surface area contributed by atoms with Gasteiger partial charge in [-0.1, -0.05) is 13.0 Å². The van der Waals surface area contributed by atoms with Crippen molar-refractivity contribution in [3.05, 3.63) is 53.6 Å². The maximum atomic E-state index is 13.2. The molecule has 1 atom stereocenters. The second-order valence-corrected chi connectivity index (χ2v) is 4.71. The van der Waals surface area contributed by atoms with Crippen LogP contribution in [-0.4, -0.2) is 11.5 Å². The number of ether oxygens (including phenoxy) is 1. The van der Waals surface area contributed by atoms with Gasteiger partial charge in [0.05, 0.1) is 11.9 Å². The first kappa shape index (κ1) is 14.5. The summed E-state index contributed by atoms with van der Waals surface area (Å²) < 4.78 is 18.9. The van der Waals surface area contributed by atoms with E-state index in [-0.39, 0.29) is 11.9 Å². The Kier molecular flexibility index (Phi) is 4.69. The Balaban J connectivity index is 2.12. The molecular formula is C16H19FN2O. The minimum Gasteiger partial charge on any atom is -0.455 e. The number of benzene rings is 1. The number of nitrogens with zero attached hydrogens (tertiary/aromatic N) is 1. The molecule has 2 rings (SSSR count). The Hall–Kier alpha value is -1.94. The highest BCUT2D eigenvalue weighted by Gasteiger charge is 2.07. The first-order chi connectivity index (χ1) is 9.60. The molecule has 1 N–H and O–H groups in total. The third kappa shape index (κ3) is 3.54. The van der Waals surface area contributed by atoms with Crippen LogP contribution in [0.3, 0.4) is 0 Å². The lowest BCUT2D eigenvalue weighted by atomic mass is 10.2. The Morgan fingerprint density at radius 2 is 2.10 bits per heavy atom. The maximum absolute atomic E-state index is 13.2. The Labute approximate surface area is 118 Å². The van der Waals surface area contributed by atoms with Gasteiger partial charge in [-0.25, -0.2) is 4.39 Å². The van der Waals surface area contributed by atoms with Crippen LogP contribution >= 0.6 is 0 Å². The van der Waals surface area contributed by atoms with Gasteiger partial charge < -0.3 is 10.1 Å². The summed E-state index contributed by atoms with van der Waals surface area (Å²) >= 11 is 0. The van der Waals surface area contributed by atoms with E-state index in [2.05, 4.69) is 24.1 Å². The third-order valence-corrected chi connectivity index (χ3v) is 3.09. The van der Waals surface area contributed by atoms with E-state index in [1.165, 1.54) is 12.1 Å². The molecule has 2 aromatic rings. The topological polar surface area (TPSA) is 34.1 Å². The van der Waals surface area contributed by atoms with Gasteiger partial charge in [0.1, 0.15) is 17.3 Å². The summed E-state index contributed by atoms with van der Waals surface area (Å²) in [6, 6.07) is 8.45. The summed E-state index contributed by atoms with van der Waals surface area (Å²) in [4.78, 5) is 4.36. The summed E-state index contributed by atoms with van der Waals surface area (Å²) in [6.07, 6.45) is 1.66. The molecule has 0 spiro atoms. The molecule has 0 saturated carbocycles. The number of aromatic nitrogens is 1. The van der Waals surface area contributed by atoms with Crippen molar-refractivity contribution in [2.24, 2.45) is 0 Å². The Morgan fingerprint density at radius 1 is 1.30 bits per heavy atom. The largest absolute Gasteiger partial charge is 0.455 e. The first-order valence-electron chi connectivity index (χ1n) is 6.73. The van der Waals surface area contributed by atoms with Crippen molar-refractivity contribution in [2.75, 3.05) is 6.54 Å². The fourth-order valence-corrected chi connectivity index (χ4v) is 1.93. The maximum Gasteiger partial charge on any atom is 0.145 e. The van der Waals surface area contributed by atoms with E-state index in [0.717, 1.165) is 17.8 Å². The zero-order chi connectivity index (χ0) is 14.5. The number of hydrogen-bond acceptors (Lipinski definition) is 3. The third-order valence-electron chi connectivity index (χ3n) is 3.09. The zero-order valence-corrected chi connectivity index (χ0v) is 12.0. The van der Waals surface area contributed by atoms with E-state index >= 15 is 0 Å². The van der Waals surface area contributed by atoms with Gasteiger partial charge in [0.15, 0.2) is 0 Å². The molecule has 0 aliphatic carbocycles. The summed E-state index contributed by atoms with van der Waals surface area (Å²) in [5.74, 6) is 0.807. The number of rotatable bonds is 5. The highest BCUT2D eigenvalue weighted by Crippen LogP contribution is 2.25. The van der Waals surface area contributed by atoms with E-state index in [1.807, 2.05) is 19.1 Å². The van der Waals surface area contributed by atoms with Crippen LogP contribution in [0.25, 0.3) is 0 Å².